The van der Waals surface area contributed by atoms with Crippen LogP contribution in [0, 0.1) is 5.92 Å². The number of esters is 1. The van der Waals surface area contributed by atoms with E-state index in [1.807, 2.05) is 44.3 Å². The minimum atomic E-state index is -0.426. The molecule has 2 aromatic rings. The summed E-state index contributed by atoms with van der Waals surface area (Å²) in [5.41, 5.74) is 2.79. The lowest BCUT2D eigenvalue weighted by Gasteiger charge is -2.19. The van der Waals surface area contributed by atoms with Crippen LogP contribution in [-0.2, 0) is 16.1 Å². The number of nitrogens with zero attached hydrogens (tertiary/aromatic N) is 2. The SMILES string of the molecule is CCOC(=O)C(C(C)C)n1cc(-c2ccc(CO)cc2)cn1. The van der Waals surface area contributed by atoms with Gasteiger partial charge in [-0.25, -0.2) is 4.79 Å². The molecule has 0 aliphatic rings. The first kappa shape index (κ1) is 16.2. The van der Waals surface area contributed by atoms with Gasteiger partial charge in [0, 0.05) is 11.8 Å². The van der Waals surface area contributed by atoms with Crippen molar-refractivity contribution in [3.05, 3.63) is 42.2 Å². The average Bonchev–Trinajstić information content (AvgIpc) is 2.97. The summed E-state index contributed by atoms with van der Waals surface area (Å²) >= 11 is 0. The molecule has 5 heteroatoms. The van der Waals surface area contributed by atoms with Crippen molar-refractivity contribution in [3.63, 3.8) is 0 Å². The molecule has 0 bridgehead atoms. The predicted molar refractivity (Wildman–Crippen MR) is 84.1 cm³/mol. The van der Waals surface area contributed by atoms with Crippen LogP contribution in [0.15, 0.2) is 36.7 Å². The number of aliphatic hydroxyl groups excluding tert-OH is 1. The first-order chi connectivity index (χ1) is 10.6. The fourth-order valence-electron chi connectivity index (χ4n) is 2.36. The molecule has 0 spiro atoms. The smallest absolute Gasteiger partial charge is 0.331 e. The summed E-state index contributed by atoms with van der Waals surface area (Å²) in [5.74, 6) is -0.175. The number of ether oxygens (including phenoxy) is 1. The zero-order valence-electron chi connectivity index (χ0n) is 13.2. The maximum absolute atomic E-state index is 12.1. The lowest BCUT2D eigenvalue weighted by molar-refractivity contribution is -0.149. The van der Waals surface area contributed by atoms with E-state index in [9.17, 15) is 4.79 Å². The van der Waals surface area contributed by atoms with Gasteiger partial charge in [0.25, 0.3) is 0 Å². The van der Waals surface area contributed by atoms with E-state index in [1.165, 1.54) is 0 Å². The summed E-state index contributed by atoms with van der Waals surface area (Å²) in [6.45, 7) is 6.13. The van der Waals surface area contributed by atoms with Gasteiger partial charge in [0.15, 0.2) is 6.04 Å². The summed E-state index contributed by atoms with van der Waals surface area (Å²) in [4.78, 5) is 12.1. The van der Waals surface area contributed by atoms with Crippen molar-refractivity contribution in [1.29, 1.82) is 0 Å². The molecule has 1 N–H and O–H groups in total. The van der Waals surface area contributed by atoms with Crippen molar-refractivity contribution in [3.8, 4) is 11.1 Å². The molecule has 0 amide bonds. The molecule has 118 valence electrons. The molecule has 0 saturated heterocycles. The highest BCUT2D eigenvalue weighted by molar-refractivity contribution is 5.74. The van der Waals surface area contributed by atoms with E-state index < -0.39 is 6.04 Å². The number of rotatable bonds is 6. The van der Waals surface area contributed by atoms with Gasteiger partial charge >= 0.3 is 5.97 Å². The number of hydrogen-bond acceptors (Lipinski definition) is 4. The van der Waals surface area contributed by atoms with E-state index in [0.29, 0.717) is 6.61 Å². The standard InChI is InChI=1S/C17H22N2O3/c1-4-22-17(21)16(12(2)3)19-10-15(9-18-19)14-7-5-13(11-20)6-8-14/h5-10,12,16,20H,4,11H2,1-3H3. The number of hydrogen-bond donors (Lipinski definition) is 1. The highest BCUT2D eigenvalue weighted by Gasteiger charge is 2.26. The molecular formula is C17H22N2O3. The Morgan fingerprint density at radius 2 is 1.95 bits per heavy atom. The largest absolute Gasteiger partial charge is 0.464 e. The Labute approximate surface area is 130 Å². The van der Waals surface area contributed by atoms with Gasteiger partial charge in [-0.1, -0.05) is 38.1 Å². The minimum absolute atomic E-state index is 0.0256. The Bertz CT molecular complexity index is 617. The minimum Gasteiger partial charge on any atom is -0.464 e. The number of aliphatic hydroxyl groups is 1. The Morgan fingerprint density at radius 3 is 2.50 bits per heavy atom. The number of carbonyl (C=O) groups excluding carboxylic acids is 1. The van der Waals surface area contributed by atoms with Crippen LogP contribution >= 0.6 is 0 Å². The summed E-state index contributed by atoms with van der Waals surface area (Å²) in [5, 5.41) is 13.4. The predicted octanol–water partition coefficient (Wildman–Crippen LogP) is 2.80. The summed E-state index contributed by atoms with van der Waals surface area (Å²) < 4.78 is 6.80. The third kappa shape index (κ3) is 3.54. The molecule has 22 heavy (non-hydrogen) atoms. The average molecular weight is 302 g/mol. The number of carbonyl (C=O) groups is 1. The fourth-order valence-corrected chi connectivity index (χ4v) is 2.36. The third-order valence-electron chi connectivity index (χ3n) is 3.52. The summed E-state index contributed by atoms with van der Waals surface area (Å²) in [6, 6.07) is 7.18. The Morgan fingerprint density at radius 1 is 1.27 bits per heavy atom. The molecular weight excluding hydrogens is 280 g/mol. The normalized spacial score (nSPS) is 12.4. The number of benzene rings is 1. The zero-order valence-corrected chi connectivity index (χ0v) is 13.2. The van der Waals surface area contributed by atoms with Crippen LogP contribution in [0.3, 0.4) is 0 Å². The van der Waals surface area contributed by atoms with E-state index in [1.54, 1.807) is 17.8 Å². The highest BCUT2D eigenvalue weighted by atomic mass is 16.5. The van der Waals surface area contributed by atoms with Gasteiger partial charge in [-0.05, 0) is 24.0 Å². The molecule has 0 saturated carbocycles. The zero-order chi connectivity index (χ0) is 16.1. The second-order valence-electron chi connectivity index (χ2n) is 5.50. The molecule has 1 aromatic carbocycles. The van der Waals surface area contributed by atoms with Crippen molar-refractivity contribution in [2.75, 3.05) is 6.61 Å². The first-order valence-corrected chi connectivity index (χ1v) is 7.47. The molecule has 0 fully saturated rings. The van der Waals surface area contributed by atoms with Crippen molar-refractivity contribution < 1.29 is 14.6 Å². The molecule has 0 aliphatic carbocycles. The van der Waals surface area contributed by atoms with Gasteiger partial charge < -0.3 is 9.84 Å². The van der Waals surface area contributed by atoms with Crippen LogP contribution in [0.4, 0.5) is 0 Å². The van der Waals surface area contributed by atoms with Crippen LogP contribution in [-0.4, -0.2) is 27.5 Å². The van der Waals surface area contributed by atoms with Crippen LogP contribution < -0.4 is 0 Å². The van der Waals surface area contributed by atoms with Gasteiger partial charge in [0.2, 0.25) is 0 Å². The van der Waals surface area contributed by atoms with Crippen LogP contribution in [0.25, 0.3) is 11.1 Å². The van der Waals surface area contributed by atoms with E-state index in [-0.39, 0.29) is 18.5 Å². The molecule has 5 nitrogen and oxygen atoms in total. The molecule has 1 atom stereocenters. The number of aromatic nitrogens is 2. The van der Waals surface area contributed by atoms with E-state index in [4.69, 9.17) is 9.84 Å². The molecule has 2 rings (SSSR count). The monoisotopic (exact) mass is 302 g/mol. The summed E-state index contributed by atoms with van der Waals surface area (Å²) in [7, 11) is 0. The Balaban J connectivity index is 2.26. The maximum atomic E-state index is 12.1. The van der Waals surface area contributed by atoms with Gasteiger partial charge in [0.1, 0.15) is 0 Å². The van der Waals surface area contributed by atoms with E-state index in [2.05, 4.69) is 5.10 Å². The Kier molecular flexibility index (Phi) is 5.33. The van der Waals surface area contributed by atoms with Crippen molar-refractivity contribution in [1.82, 2.24) is 9.78 Å². The van der Waals surface area contributed by atoms with Crippen molar-refractivity contribution in [2.45, 2.75) is 33.4 Å². The molecule has 1 aromatic heterocycles. The van der Waals surface area contributed by atoms with Gasteiger partial charge in [-0.15, -0.1) is 0 Å². The Hall–Kier alpha value is -2.14. The van der Waals surface area contributed by atoms with E-state index in [0.717, 1.165) is 16.7 Å². The topological polar surface area (TPSA) is 64.3 Å². The molecule has 1 heterocycles. The first-order valence-electron chi connectivity index (χ1n) is 7.47. The van der Waals surface area contributed by atoms with Gasteiger partial charge in [-0.3, -0.25) is 4.68 Å². The fraction of sp³-hybridized carbons (Fsp3) is 0.412. The van der Waals surface area contributed by atoms with Crippen molar-refractivity contribution >= 4 is 5.97 Å². The van der Waals surface area contributed by atoms with Gasteiger partial charge in [-0.2, -0.15) is 5.10 Å². The molecule has 0 radical (unpaired) electrons. The lowest BCUT2D eigenvalue weighted by atomic mass is 10.0. The molecule has 1 unspecified atom stereocenters. The van der Waals surface area contributed by atoms with Crippen LogP contribution in [0.5, 0.6) is 0 Å². The summed E-state index contributed by atoms with van der Waals surface area (Å²) in [6.07, 6.45) is 3.60. The second-order valence-corrected chi connectivity index (χ2v) is 5.50. The highest BCUT2D eigenvalue weighted by Crippen LogP contribution is 2.24. The quantitative estimate of drug-likeness (QED) is 0.833. The third-order valence-corrected chi connectivity index (χ3v) is 3.52. The van der Waals surface area contributed by atoms with Gasteiger partial charge in [0.05, 0.1) is 19.4 Å². The van der Waals surface area contributed by atoms with Crippen molar-refractivity contribution in [2.24, 2.45) is 5.92 Å². The van der Waals surface area contributed by atoms with Crippen LogP contribution in [0.2, 0.25) is 0 Å². The van der Waals surface area contributed by atoms with E-state index >= 15 is 0 Å². The second kappa shape index (κ2) is 7.22. The van der Waals surface area contributed by atoms with Crippen LogP contribution in [0.1, 0.15) is 32.4 Å². The molecule has 0 aliphatic heterocycles. The maximum Gasteiger partial charge on any atom is 0.331 e. The lowest BCUT2D eigenvalue weighted by Crippen LogP contribution is -2.26.